The van der Waals surface area contributed by atoms with E-state index in [4.69, 9.17) is 9.62 Å². The van der Waals surface area contributed by atoms with Crippen LogP contribution in [0.25, 0.3) is 27.6 Å². The first-order chi connectivity index (χ1) is 15.6. The minimum Gasteiger partial charge on any atom is -0.361 e. The molecule has 0 saturated carbocycles. The van der Waals surface area contributed by atoms with Gasteiger partial charge >= 0.3 is 0 Å². The number of aromatic nitrogens is 5. The van der Waals surface area contributed by atoms with Gasteiger partial charge in [-0.25, -0.2) is 0 Å². The summed E-state index contributed by atoms with van der Waals surface area (Å²) in [6, 6.07) is 15.4. The Hall–Kier alpha value is -3.85. The standard InChI is InChI=1S/C23H20N6O2S/c1-14-18(15(2)31-28-14)9-12-22(30)24-17-7-5-16(6-8-17)19-10-11-21-25-26-23(29(21)27-19)20-4-3-13-32-20/h3-8,10-11,13H,9,12H2,1-2H3,(H,24,30). The third-order valence-corrected chi connectivity index (χ3v) is 6.12. The molecule has 0 saturated heterocycles. The second-order valence-corrected chi connectivity index (χ2v) is 8.37. The predicted molar refractivity (Wildman–Crippen MR) is 122 cm³/mol. The molecular weight excluding hydrogens is 424 g/mol. The molecule has 0 fully saturated rings. The second-order valence-electron chi connectivity index (χ2n) is 7.42. The van der Waals surface area contributed by atoms with Crippen LogP contribution in [0, 0.1) is 13.8 Å². The highest BCUT2D eigenvalue weighted by atomic mass is 32.1. The number of hydrogen-bond donors (Lipinski definition) is 1. The van der Waals surface area contributed by atoms with Gasteiger partial charge in [-0.05, 0) is 56.0 Å². The van der Waals surface area contributed by atoms with Crippen molar-refractivity contribution in [3.63, 3.8) is 0 Å². The van der Waals surface area contributed by atoms with Gasteiger partial charge in [-0.1, -0.05) is 23.4 Å². The molecule has 8 nitrogen and oxygen atoms in total. The molecule has 1 amide bonds. The van der Waals surface area contributed by atoms with Crippen LogP contribution in [0.5, 0.6) is 0 Å². The highest BCUT2D eigenvalue weighted by Gasteiger charge is 2.13. The number of benzene rings is 1. The minimum atomic E-state index is -0.0534. The Labute approximate surface area is 187 Å². The van der Waals surface area contributed by atoms with Crippen molar-refractivity contribution in [2.24, 2.45) is 0 Å². The number of fused-ring (bicyclic) bond motifs is 1. The van der Waals surface area contributed by atoms with Crippen molar-refractivity contribution < 1.29 is 9.32 Å². The molecule has 9 heteroatoms. The van der Waals surface area contributed by atoms with Crippen molar-refractivity contribution in [2.45, 2.75) is 26.7 Å². The third kappa shape index (κ3) is 3.90. The number of rotatable bonds is 6. The highest BCUT2D eigenvalue weighted by Crippen LogP contribution is 2.25. The maximum absolute atomic E-state index is 12.4. The van der Waals surface area contributed by atoms with Gasteiger partial charge < -0.3 is 9.84 Å². The summed E-state index contributed by atoms with van der Waals surface area (Å²) in [5.41, 5.74) is 4.99. The summed E-state index contributed by atoms with van der Waals surface area (Å²) in [6.07, 6.45) is 0.961. The van der Waals surface area contributed by atoms with Crippen LogP contribution in [0.2, 0.25) is 0 Å². The highest BCUT2D eigenvalue weighted by molar-refractivity contribution is 7.13. The molecule has 0 atom stereocenters. The van der Waals surface area contributed by atoms with E-state index in [1.807, 2.05) is 67.8 Å². The number of carbonyl (C=O) groups excluding carboxylic acids is 1. The van der Waals surface area contributed by atoms with Gasteiger partial charge in [-0.2, -0.15) is 9.61 Å². The summed E-state index contributed by atoms with van der Waals surface area (Å²) < 4.78 is 6.91. The predicted octanol–water partition coefficient (Wildman–Crippen LogP) is 4.70. The van der Waals surface area contributed by atoms with Crippen molar-refractivity contribution >= 4 is 28.6 Å². The van der Waals surface area contributed by atoms with Gasteiger partial charge in [0.2, 0.25) is 5.91 Å². The maximum Gasteiger partial charge on any atom is 0.224 e. The normalized spacial score (nSPS) is 11.2. The molecule has 4 heterocycles. The van der Waals surface area contributed by atoms with Crippen LogP contribution >= 0.6 is 11.3 Å². The molecule has 1 N–H and O–H groups in total. The van der Waals surface area contributed by atoms with Gasteiger partial charge in [0.15, 0.2) is 11.5 Å². The number of carbonyl (C=O) groups is 1. The fourth-order valence-corrected chi connectivity index (χ4v) is 4.24. The summed E-state index contributed by atoms with van der Waals surface area (Å²) in [5, 5.41) is 22.1. The van der Waals surface area contributed by atoms with Crippen LogP contribution in [0.15, 0.2) is 58.4 Å². The fraction of sp³-hybridized carbons (Fsp3) is 0.174. The average molecular weight is 445 g/mol. The first-order valence-corrected chi connectivity index (χ1v) is 11.0. The fourth-order valence-electron chi connectivity index (χ4n) is 3.55. The van der Waals surface area contributed by atoms with Crippen molar-refractivity contribution in [1.82, 2.24) is 25.0 Å². The van der Waals surface area contributed by atoms with Gasteiger partial charge in [-0.15, -0.1) is 21.5 Å². The van der Waals surface area contributed by atoms with Gasteiger partial charge in [-0.3, -0.25) is 4.79 Å². The topological polar surface area (TPSA) is 98.2 Å². The van der Waals surface area contributed by atoms with Gasteiger partial charge in [0.1, 0.15) is 5.76 Å². The van der Waals surface area contributed by atoms with E-state index in [2.05, 4.69) is 20.7 Å². The van der Waals surface area contributed by atoms with E-state index in [0.29, 0.717) is 18.5 Å². The van der Waals surface area contributed by atoms with E-state index in [-0.39, 0.29) is 5.91 Å². The monoisotopic (exact) mass is 444 g/mol. The summed E-state index contributed by atoms with van der Waals surface area (Å²) in [5.74, 6) is 1.43. The average Bonchev–Trinajstić information content (AvgIpc) is 3.53. The number of thiophene rings is 1. The van der Waals surface area contributed by atoms with Gasteiger partial charge in [0.05, 0.1) is 16.3 Å². The Bertz CT molecular complexity index is 1370. The Morgan fingerprint density at radius 1 is 1.09 bits per heavy atom. The van der Waals surface area contributed by atoms with E-state index >= 15 is 0 Å². The first-order valence-electron chi connectivity index (χ1n) is 10.2. The molecule has 160 valence electrons. The summed E-state index contributed by atoms with van der Waals surface area (Å²) in [4.78, 5) is 13.4. The van der Waals surface area contributed by atoms with Crippen molar-refractivity contribution in [1.29, 1.82) is 0 Å². The number of anilines is 1. The molecule has 0 aliphatic heterocycles. The summed E-state index contributed by atoms with van der Waals surface area (Å²) in [6.45, 7) is 3.75. The van der Waals surface area contributed by atoms with Gasteiger partial charge in [0, 0.05) is 23.2 Å². The number of nitrogens with one attached hydrogen (secondary N) is 1. The van der Waals surface area contributed by atoms with Crippen molar-refractivity contribution in [3.05, 3.63) is 70.9 Å². The molecule has 0 radical (unpaired) electrons. The molecule has 5 aromatic rings. The number of amides is 1. The molecule has 0 bridgehead atoms. The molecular formula is C23H20N6O2S. The lowest BCUT2D eigenvalue weighted by Gasteiger charge is -2.07. The number of aryl methyl sites for hydroxylation is 2. The molecule has 5 rings (SSSR count). The van der Waals surface area contributed by atoms with E-state index < -0.39 is 0 Å². The molecule has 4 aromatic heterocycles. The van der Waals surface area contributed by atoms with Crippen molar-refractivity contribution in [2.75, 3.05) is 5.32 Å². The molecule has 0 unspecified atom stereocenters. The maximum atomic E-state index is 12.4. The quantitative estimate of drug-likeness (QED) is 0.408. The second kappa shape index (κ2) is 8.35. The van der Waals surface area contributed by atoms with E-state index in [1.165, 1.54) is 0 Å². The zero-order valence-corrected chi connectivity index (χ0v) is 18.4. The lowest BCUT2D eigenvalue weighted by molar-refractivity contribution is -0.116. The van der Waals surface area contributed by atoms with Crippen LogP contribution < -0.4 is 5.32 Å². The molecule has 32 heavy (non-hydrogen) atoms. The smallest absolute Gasteiger partial charge is 0.224 e. The van der Waals surface area contributed by atoms with Crippen LogP contribution in [0.3, 0.4) is 0 Å². The zero-order valence-electron chi connectivity index (χ0n) is 17.6. The van der Waals surface area contributed by atoms with E-state index in [0.717, 1.165) is 44.7 Å². The SMILES string of the molecule is Cc1noc(C)c1CCC(=O)Nc1ccc(-c2ccc3nnc(-c4cccs4)n3n2)cc1. The lowest BCUT2D eigenvalue weighted by Crippen LogP contribution is -2.12. The van der Waals surface area contributed by atoms with Crippen LogP contribution in [-0.2, 0) is 11.2 Å². The van der Waals surface area contributed by atoms with Crippen molar-refractivity contribution in [3.8, 4) is 22.0 Å². The minimum absolute atomic E-state index is 0.0534. The molecule has 0 spiro atoms. The summed E-state index contributed by atoms with van der Waals surface area (Å²) >= 11 is 1.60. The first kappa shape index (κ1) is 20.1. The Balaban J connectivity index is 1.30. The molecule has 0 aliphatic carbocycles. The number of nitrogens with zero attached hydrogens (tertiary/aromatic N) is 5. The van der Waals surface area contributed by atoms with Crippen LogP contribution in [-0.4, -0.2) is 30.9 Å². The lowest BCUT2D eigenvalue weighted by atomic mass is 10.1. The van der Waals surface area contributed by atoms with Crippen LogP contribution in [0.4, 0.5) is 5.69 Å². The zero-order chi connectivity index (χ0) is 22.1. The molecule has 1 aromatic carbocycles. The third-order valence-electron chi connectivity index (χ3n) is 5.25. The Morgan fingerprint density at radius 2 is 1.94 bits per heavy atom. The Morgan fingerprint density at radius 3 is 2.66 bits per heavy atom. The largest absolute Gasteiger partial charge is 0.361 e. The summed E-state index contributed by atoms with van der Waals surface area (Å²) in [7, 11) is 0. The van der Waals surface area contributed by atoms with E-state index in [1.54, 1.807) is 15.9 Å². The molecule has 0 aliphatic rings. The van der Waals surface area contributed by atoms with Gasteiger partial charge in [0.25, 0.3) is 0 Å². The Kier molecular flexibility index (Phi) is 5.24. The van der Waals surface area contributed by atoms with Crippen LogP contribution in [0.1, 0.15) is 23.4 Å². The van der Waals surface area contributed by atoms with E-state index in [9.17, 15) is 4.79 Å². The number of hydrogen-bond acceptors (Lipinski definition) is 7.